The van der Waals surface area contributed by atoms with Crippen molar-refractivity contribution < 1.29 is 22.7 Å². The first-order valence-corrected chi connectivity index (χ1v) is 12.6. The highest BCUT2D eigenvalue weighted by atomic mass is 35.5. The van der Waals surface area contributed by atoms with Crippen LogP contribution in [0.15, 0.2) is 46.2 Å². The fourth-order valence-electron chi connectivity index (χ4n) is 3.28. The first-order chi connectivity index (χ1) is 15.2. The van der Waals surface area contributed by atoms with Crippen molar-refractivity contribution in [1.82, 2.24) is 4.31 Å². The second kappa shape index (κ2) is 10.1. The second-order valence-electron chi connectivity index (χ2n) is 6.94. The quantitative estimate of drug-likeness (QED) is 0.574. The molecular formula is C21H24ClN3O5S2. The summed E-state index contributed by atoms with van der Waals surface area (Å²) in [6.45, 7) is 4.17. The van der Waals surface area contributed by atoms with Crippen molar-refractivity contribution in [2.45, 2.75) is 35.3 Å². The Hall–Kier alpha value is -2.27. The lowest BCUT2D eigenvalue weighted by Crippen LogP contribution is -2.32. The molecule has 0 aromatic heterocycles. The molecule has 1 aliphatic heterocycles. The van der Waals surface area contributed by atoms with Crippen LogP contribution in [0.25, 0.3) is 0 Å². The smallest absolute Gasteiger partial charge is 0.243 e. The van der Waals surface area contributed by atoms with E-state index in [1.165, 1.54) is 41.4 Å². The second-order valence-corrected chi connectivity index (χ2v) is 10.6. The number of ether oxygens (including phenoxy) is 1. The summed E-state index contributed by atoms with van der Waals surface area (Å²) in [7, 11) is -2.28. The monoisotopic (exact) mass is 497 g/mol. The number of nitrogens with one attached hydrogen (secondary N) is 2. The van der Waals surface area contributed by atoms with E-state index in [9.17, 15) is 18.0 Å². The van der Waals surface area contributed by atoms with Gasteiger partial charge in [-0.05, 0) is 36.4 Å². The van der Waals surface area contributed by atoms with Crippen molar-refractivity contribution in [2.24, 2.45) is 0 Å². The van der Waals surface area contributed by atoms with Crippen LogP contribution in [0.1, 0.15) is 20.3 Å². The predicted octanol–water partition coefficient (Wildman–Crippen LogP) is 3.82. The number of methoxy groups -OCH3 is 1. The van der Waals surface area contributed by atoms with Crippen LogP contribution in [0.4, 0.5) is 11.4 Å². The highest BCUT2D eigenvalue weighted by molar-refractivity contribution is 8.01. The van der Waals surface area contributed by atoms with Gasteiger partial charge in [-0.25, -0.2) is 8.42 Å². The normalized spacial score (nSPS) is 15.8. The van der Waals surface area contributed by atoms with Crippen LogP contribution in [0.2, 0.25) is 5.02 Å². The number of carbonyl (C=O) groups excluding carboxylic acids is 2. The molecule has 3 rings (SSSR count). The lowest BCUT2D eigenvalue weighted by Gasteiger charge is -2.24. The summed E-state index contributed by atoms with van der Waals surface area (Å²) in [6, 6.07) is 9.47. The molecule has 2 aromatic carbocycles. The molecule has 32 heavy (non-hydrogen) atoms. The van der Waals surface area contributed by atoms with E-state index in [1.54, 1.807) is 32.0 Å². The van der Waals surface area contributed by atoms with Crippen molar-refractivity contribution in [3.05, 3.63) is 41.4 Å². The van der Waals surface area contributed by atoms with Gasteiger partial charge in [0, 0.05) is 29.4 Å². The summed E-state index contributed by atoms with van der Waals surface area (Å²) in [5.74, 6) is -0.423. The highest BCUT2D eigenvalue weighted by Gasteiger charge is 2.30. The molecule has 11 heteroatoms. The Labute approximate surface area is 196 Å². The molecule has 0 unspecified atom stereocenters. The summed E-state index contributed by atoms with van der Waals surface area (Å²) in [4.78, 5) is 26.0. The van der Waals surface area contributed by atoms with Crippen molar-refractivity contribution in [3.8, 4) is 5.75 Å². The van der Waals surface area contributed by atoms with Crippen LogP contribution in [-0.4, -0.2) is 50.0 Å². The Morgan fingerprint density at radius 2 is 1.94 bits per heavy atom. The minimum Gasteiger partial charge on any atom is -0.495 e. The molecule has 0 saturated heterocycles. The maximum Gasteiger partial charge on any atom is 0.243 e. The zero-order valence-electron chi connectivity index (χ0n) is 17.8. The third-order valence-electron chi connectivity index (χ3n) is 4.92. The fraction of sp³-hybridized carbons (Fsp3) is 0.333. The largest absolute Gasteiger partial charge is 0.495 e. The Kier molecular flexibility index (Phi) is 7.71. The topological polar surface area (TPSA) is 105 Å². The number of fused-ring (bicyclic) bond motifs is 1. The van der Waals surface area contributed by atoms with Crippen molar-refractivity contribution in [1.29, 1.82) is 0 Å². The molecule has 2 N–H and O–H groups in total. The number of rotatable bonds is 8. The van der Waals surface area contributed by atoms with Crippen LogP contribution in [0, 0.1) is 0 Å². The third kappa shape index (κ3) is 5.20. The number of amides is 2. The number of anilines is 2. The van der Waals surface area contributed by atoms with E-state index in [2.05, 4.69) is 10.6 Å². The van der Waals surface area contributed by atoms with Crippen LogP contribution >= 0.6 is 23.4 Å². The zero-order chi connectivity index (χ0) is 23.5. The molecule has 2 amide bonds. The van der Waals surface area contributed by atoms with Gasteiger partial charge in [0.05, 0.1) is 28.6 Å². The predicted molar refractivity (Wildman–Crippen MR) is 126 cm³/mol. The lowest BCUT2D eigenvalue weighted by molar-refractivity contribution is -0.120. The van der Waals surface area contributed by atoms with Gasteiger partial charge in [0.1, 0.15) is 5.75 Å². The average molecular weight is 498 g/mol. The van der Waals surface area contributed by atoms with Gasteiger partial charge in [0.2, 0.25) is 21.8 Å². The number of halogens is 1. The maximum absolute atomic E-state index is 12.8. The number of sulfonamides is 1. The molecule has 8 nitrogen and oxygen atoms in total. The zero-order valence-corrected chi connectivity index (χ0v) is 20.2. The van der Waals surface area contributed by atoms with E-state index in [4.69, 9.17) is 16.3 Å². The van der Waals surface area contributed by atoms with E-state index in [-0.39, 0.29) is 22.9 Å². The van der Waals surface area contributed by atoms with Crippen molar-refractivity contribution in [3.63, 3.8) is 0 Å². The number of nitrogens with zero attached hydrogens (tertiary/aromatic N) is 1. The van der Waals surface area contributed by atoms with Gasteiger partial charge in [0.15, 0.2) is 0 Å². The van der Waals surface area contributed by atoms with Crippen molar-refractivity contribution in [2.75, 3.05) is 30.8 Å². The molecule has 2 aromatic rings. The third-order valence-corrected chi connectivity index (χ3v) is 8.48. The Morgan fingerprint density at radius 1 is 1.22 bits per heavy atom. The Bertz CT molecular complexity index is 1140. The first-order valence-electron chi connectivity index (χ1n) is 9.94. The van der Waals surface area contributed by atoms with E-state index in [0.29, 0.717) is 29.5 Å². The summed E-state index contributed by atoms with van der Waals surface area (Å²) in [6.07, 6.45) is -0.102. The van der Waals surface area contributed by atoms with Gasteiger partial charge in [-0.1, -0.05) is 25.4 Å². The summed E-state index contributed by atoms with van der Waals surface area (Å²) in [5.41, 5.74) is 0.833. The number of hydrogen-bond donors (Lipinski definition) is 2. The van der Waals surface area contributed by atoms with E-state index in [0.717, 1.165) is 4.90 Å². The molecule has 0 bridgehead atoms. The molecule has 172 valence electrons. The minimum atomic E-state index is -3.71. The van der Waals surface area contributed by atoms with Gasteiger partial charge in [-0.15, -0.1) is 11.8 Å². The fourth-order valence-corrected chi connectivity index (χ4v) is 6.03. The average Bonchev–Trinajstić information content (AvgIpc) is 2.75. The summed E-state index contributed by atoms with van der Waals surface area (Å²) in [5, 5.41) is 5.32. The first kappa shape index (κ1) is 24.4. The standard InChI is InChI=1S/C21H24ClN3O5S2/c1-4-25(5-2)32(28,29)14-7-8-17(30-3)15(11-14)23-20(26)12-19-21(27)24-16-10-13(22)6-9-18(16)31-19/h6-11,19H,4-5,12H2,1-3H3,(H,23,26)(H,24,27)/t19-/m1/s1. The number of hydrogen-bond acceptors (Lipinski definition) is 6. The van der Waals surface area contributed by atoms with Gasteiger partial charge in [-0.3, -0.25) is 9.59 Å². The van der Waals surface area contributed by atoms with Crippen LogP contribution in [0.5, 0.6) is 5.75 Å². The molecule has 0 fully saturated rings. The molecular weight excluding hydrogens is 474 g/mol. The van der Waals surface area contributed by atoms with Gasteiger partial charge < -0.3 is 15.4 Å². The molecule has 0 radical (unpaired) electrons. The molecule has 1 aliphatic rings. The molecule has 1 heterocycles. The molecule has 1 atom stereocenters. The lowest BCUT2D eigenvalue weighted by atomic mass is 10.2. The maximum atomic E-state index is 12.8. The summed E-state index contributed by atoms with van der Waals surface area (Å²) < 4.78 is 32.3. The van der Waals surface area contributed by atoms with E-state index < -0.39 is 21.2 Å². The highest BCUT2D eigenvalue weighted by Crippen LogP contribution is 2.38. The van der Waals surface area contributed by atoms with Crippen LogP contribution in [0.3, 0.4) is 0 Å². The minimum absolute atomic E-state index is 0.0490. The molecule has 0 saturated carbocycles. The van der Waals surface area contributed by atoms with Crippen molar-refractivity contribution >= 4 is 56.6 Å². The number of thioether (sulfide) groups is 1. The number of benzene rings is 2. The Balaban J connectivity index is 1.78. The van der Waals surface area contributed by atoms with Crippen LogP contribution in [-0.2, 0) is 19.6 Å². The van der Waals surface area contributed by atoms with E-state index in [1.807, 2.05) is 0 Å². The van der Waals surface area contributed by atoms with Gasteiger partial charge in [-0.2, -0.15) is 4.31 Å². The Morgan fingerprint density at radius 3 is 2.59 bits per heavy atom. The number of carbonyl (C=O) groups is 2. The van der Waals surface area contributed by atoms with Gasteiger partial charge in [0.25, 0.3) is 0 Å². The van der Waals surface area contributed by atoms with Crippen LogP contribution < -0.4 is 15.4 Å². The molecule has 0 spiro atoms. The van der Waals surface area contributed by atoms with E-state index >= 15 is 0 Å². The SMILES string of the molecule is CCN(CC)S(=O)(=O)c1ccc(OC)c(NC(=O)C[C@H]2Sc3ccc(Cl)cc3NC2=O)c1. The van der Waals surface area contributed by atoms with Gasteiger partial charge >= 0.3 is 0 Å². The summed E-state index contributed by atoms with van der Waals surface area (Å²) >= 11 is 7.24. The molecule has 0 aliphatic carbocycles.